The molecule has 0 radical (unpaired) electrons. The topological polar surface area (TPSA) is 97.9 Å². The van der Waals surface area contributed by atoms with Gasteiger partial charge in [0.15, 0.2) is 5.82 Å². The van der Waals surface area contributed by atoms with Crippen LogP contribution in [0.2, 0.25) is 0 Å². The standard InChI is InChI=1S/C10H14N6O2/c1-7-3-9(14-18-7)12-10(17)6-16-5-8(4-11-2)13-15-16/h3,5,11H,4,6H2,1-2H3,(H,12,14,17). The highest BCUT2D eigenvalue weighted by Gasteiger charge is 2.08. The quantitative estimate of drug-likeness (QED) is 0.771. The Morgan fingerprint density at radius 3 is 3.06 bits per heavy atom. The van der Waals surface area contributed by atoms with Crippen LogP contribution in [0.5, 0.6) is 0 Å². The first-order chi connectivity index (χ1) is 8.67. The number of aromatic nitrogens is 4. The van der Waals surface area contributed by atoms with Crippen LogP contribution in [0.25, 0.3) is 0 Å². The van der Waals surface area contributed by atoms with Gasteiger partial charge in [0.2, 0.25) is 5.91 Å². The predicted molar refractivity (Wildman–Crippen MR) is 62.7 cm³/mol. The molecule has 0 aliphatic carbocycles. The van der Waals surface area contributed by atoms with Crippen molar-refractivity contribution in [3.63, 3.8) is 0 Å². The third-order valence-corrected chi connectivity index (χ3v) is 2.15. The van der Waals surface area contributed by atoms with Crippen molar-refractivity contribution in [3.05, 3.63) is 23.7 Å². The summed E-state index contributed by atoms with van der Waals surface area (Å²) in [6, 6.07) is 1.64. The fraction of sp³-hybridized carbons (Fsp3) is 0.400. The first-order valence-corrected chi connectivity index (χ1v) is 5.44. The average Bonchev–Trinajstić information content (AvgIpc) is 2.89. The summed E-state index contributed by atoms with van der Waals surface area (Å²) in [5.41, 5.74) is 0.780. The molecule has 0 aromatic carbocycles. The van der Waals surface area contributed by atoms with E-state index in [1.807, 2.05) is 7.05 Å². The maximum atomic E-state index is 11.7. The van der Waals surface area contributed by atoms with E-state index < -0.39 is 0 Å². The Balaban J connectivity index is 1.90. The summed E-state index contributed by atoms with van der Waals surface area (Å²) in [4.78, 5) is 11.7. The first kappa shape index (κ1) is 12.2. The molecule has 1 amide bonds. The lowest BCUT2D eigenvalue weighted by Crippen LogP contribution is -2.19. The highest BCUT2D eigenvalue weighted by atomic mass is 16.5. The lowest BCUT2D eigenvalue weighted by atomic mass is 10.4. The van der Waals surface area contributed by atoms with Crippen LogP contribution >= 0.6 is 0 Å². The number of rotatable bonds is 5. The Hall–Kier alpha value is -2.22. The fourth-order valence-electron chi connectivity index (χ4n) is 1.43. The summed E-state index contributed by atoms with van der Waals surface area (Å²) in [7, 11) is 1.82. The zero-order valence-corrected chi connectivity index (χ0v) is 10.2. The minimum Gasteiger partial charge on any atom is -0.360 e. The number of amides is 1. The van der Waals surface area contributed by atoms with Crippen LogP contribution in [-0.2, 0) is 17.9 Å². The number of anilines is 1. The number of hydrogen-bond acceptors (Lipinski definition) is 6. The molecule has 0 bridgehead atoms. The predicted octanol–water partition coefficient (Wildman–Crippen LogP) is -0.0674. The van der Waals surface area contributed by atoms with Crippen LogP contribution in [0.4, 0.5) is 5.82 Å². The minimum absolute atomic E-state index is 0.0859. The SMILES string of the molecule is CNCc1cn(CC(=O)Nc2cc(C)on2)nn1. The molecule has 2 N–H and O–H groups in total. The number of hydrogen-bond donors (Lipinski definition) is 2. The molecule has 0 aliphatic rings. The summed E-state index contributed by atoms with van der Waals surface area (Å²) >= 11 is 0. The second kappa shape index (κ2) is 5.41. The van der Waals surface area contributed by atoms with Crippen LogP contribution in [0.3, 0.4) is 0 Å². The van der Waals surface area contributed by atoms with Gasteiger partial charge in [0.25, 0.3) is 0 Å². The average molecular weight is 250 g/mol. The Kier molecular flexibility index (Phi) is 3.68. The van der Waals surface area contributed by atoms with E-state index in [-0.39, 0.29) is 12.5 Å². The Morgan fingerprint density at radius 1 is 1.56 bits per heavy atom. The summed E-state index contributed by atoms with van der Waals surface area (Å²) in [6.07, 6.45) is 1.71. The molecule has 0 aliphatic heterocycles. The van der Waals surface area contributed by atoms with E-state index >= 15 is 0 Å². The maximum Gasteiger partial charge on any atom is 0.247 e. The Morgan fingerprint density at radius 2 is 2.39 bits per heavy atom. The van der Waals surface area contributed by atoms with Gasteiger partial charge in [-0.05, 0) is 14.0 Å². The van der Waals surface area contributed by atoms with E-state index in [0.29, 0.717) is 18.1 Å². The molecule has 0 saturated heterocycles. The minimum atomic E-state index is -0.232. The molecule has 2 rings (SSSR count). The molecule has 0 atom stereocenters. The van der Waals surface area contributed by atoms with Gasteiger partial charge in [0.1, 0.15) is 12.3 Å². The van der Waals surface area contributed by atoms with Crippen LogP contribution in [0.15, 0.2) is 16.8 Å². The maximum absolute atomic E-state index is 11.7. The van der Waals surface area contributed by atoms with Crippen LogP contribution in [0.1, 0.15) is 11.5 Å². The van der Waals surface area contributed by atoms with Crippen molar-refractivity contribution in [2.75, 3.05) is 12.4 Å². The van der Waals surface area contributed by atoms with E-state index in [1.165, 1.54) is 4.68 Å². The first-order valence-electron chi connectivity index (χ1n) is 5.44. The molecule has 0 saturated carbocycles. The van der Waals surface area contributed by atoms with Crippen molar-refractivity contribution in [1.82, 2.24) is 25.5 Å². The van der Waals surface area contributed by atoms with E-state index in [4.69, 9.17) is 4.52 Å². The third kappa shape index (κ3) is 3.14. The zero-order valence-electron chi connectivity index (χ0n) is 10.2. The fourth-order valence-corrected chi connectivity index (χ4v) is 1.43. The van der Waals surface area contributed by atoms with Crippen molar-refractivity contribution >= 4 is 11.7 Å². The lowest BCUT2D eigenvalue weighted by Gasteiger charge is -2.00. The van der Waals surface area contributed by atoms with Gasteiger partial charge >= 0.3 is 0 Å². The zero-order chi connectivity index (χ0) is 13.0. The molecule has 0 spiro atoms. The van der Waals surface area contributed by atoms with Gasteiger partial charge in [-0.1, -0.05) is 10.4 Å². The van der Waals surface area contributed by atoms with Gasteiger partial charge in [-0.25, -0.2) is 4.68 Å². The van der Waals surface area contributed by atoms with Crippen LogP contribution in [-0.4, -0.2) is 33.1 Å². The summed E-state index contributed by atoms with van der Waals surface area (Å²) in [5, 5.41) is 17.0. The van der Waals surface area contributed by atoms with Crippen molar-refractivity contribution in [3.8, 4) is 0 Å². The number of nitrogens with one attached hydrogen (secondary N) is 2. The van der Waals surface area contributed by atoms with Gasteiger partial charge in [0.05, 0.1) is 11.9 Å². The second-order valence-corrected chi connectivity index (χ2v) is 3.81. The highest BCUT2D eigenvalue weighted by Crippen LogP contribution is 2.06. The molecule has 18 heavy (non-hydrogen) atoms. The molecule has 0 unspecified atom stereocenters. The van der Waals surface area contributed by atoms with Gasteiger partial charge in [-0.15, -0.1) is 5.10 Å². The van der Waals surface area contributed by atoms with Gasteiger partial charge in [-0.3, -0.25) is 4.79 Å². The molecule has 8 heteroatoms. The van der Waals surface area contributed by atoms with Crippen LogP contribution in [0, 0.1) is 6.92 Å². The van der Waals surface area contributed by atoms with Crippen molar-refractivity contribution in [1.29, 1.82) is 0 Å². The molecule has 2 aromatic heterocycles. The number of carbonyl (C=O) groups excluding carboxylic acids is 1. The van der Waals surface area contributed by atoms with Gasteiger partial charge < -0.3 is 15.2 Å². The highest BCUT2D eigenvalue weighted by molar-refractivity contribution is 5.89. The summed E-state index contributed by atoms with van der Waals surface area (Å²) < 4.78 is 6.31. The van der Waals surface area contributed by atoms with Crippen LogP contribution < -0.4 is 10.6 Å². The van der Waals surface area contributed by atoms with E-state index in [9.17, 15) is 4.79 Å². The third-order valence-electron chi connectivity index (χ3n) is 2.15. The molecule has 2 heterocycles. The van der Waals surface area contributed by atoms with E-state index in [2.05, 4.69) is 26.1 Å². The summed E-state index contributed by atoms with van der Waals surface area (Å²) in [5.74, 6) is 0.805. The van der Waals surface area contributed by atoms with Gasteiger partial charge in [0, 0.05) is 12.6 Å². The van der Waals surface area contributed by atoms with E-state index in [1.54, 1.807) is 19.2 Å². The molecule has 2 aromatic rings. The summed E-state index contributed by atoms with van der Waals surface area (Å²) in [6.45, 7) is 2.46. The normalized spacial score (nSPS) is 10.6. The Bertz CT molecular complexity index is 532. The van der Waals surface area contributed by atoms with Crippen molar-refractivity contribution < 1.29 is 9.32 Å². The Labute approximate surface area is 103 Å². The monoisotopic (exact) mass is 250 g/mol. The largest absolute Gasteiger partial charge is 0.360 e. The number of carbonyl (C=O) groups is 1. The van der Waals surface area contributed by atoms with E-state index in [0.717, 1.165) is 5.69 Å². The lowest BCUT2D eigenvalue weighted by molar-refractivity contribution is -0.117. The van der Waals surface area contributed by atoms with Crippen molar-refractivity contribution in [2.24, 2.45) is 0 Å². The molecule has 96 valence electrons. The number of aryl methyl sites for hydroxylation is 1. The number of nitrogens with zero attached hydrogens (tertiary/aromatic N) is 4. The molecule has 0 fully saturated rings. The molecular weight excluding hydrogens is 236 g/mol. The molecule has 8 nitrogen and oxygen atoms in total. The van der Waals surface area contributed by atoms with Crippen molar-refractivity contribution in [2.45, 2.75) is 20.0 Å². The molecular formula is C10H14N6O2. The second-order valence-electron chi connectivity index (χ2n) is 3.81. The smallest absolute Gasteiger partial charge is 0.247 e. The van der Waals surface area contributed by atoms with Gasteiger partial charge in [-0.2, -0.15) is 0 Å².